The predicted octanol–water partition coefficient (Wildman–Crippen LogP) is 6.00. The minimum Gasteiger partial charge on any atom is -0.423 e. The zero-order valence-electron chi connectivity index (χ0n) is 15.2. The quantitative estimate of drug-likeness (QED) is 0.240. The zero-order valence-corrected chi connectivity index (χ0v) is 16.0. The lowest BCUT2D eigenvalue weighted by Crippen LogP contribution is -2.08. The normalized spacial score (nSPS) is 10.6. The van der Waals surface area contributed by atoms with Gasteiger partial charge in [0.15, 0.2) is 14.7 Å². The molecule has 4 aromatic rings. The van der Waals surface area contributed by atoms with Crippen LogP contribution in [0.2, 0.25) is 0 Å². The van der Waals surface area contributed by atoms with Crippen molar-refractivity contribution in [3.63, 3.8) is 0 Å². The van der Waals surface area contributed by atoms with Gasteiger partial charge in [-0.15, -0.1) is 0 Å². The molecule has 4 aromatic carbocycles. The van der Waals surface area contributed by atoms with Crippen molar-refractivity contribution in [1.29, 1.82) is 0 Å². The van der Waals surface area contributed by atoms with Gasteiger partial charge in [-0.2, -0.15) is 0 Å². The van der Waals surface area contributed by atoms with Crippen LogP contribution in [-0.4, -0.2) is 5.97 Å². The third kappa shape index (κ3) is 4.16. The van der Waals surface area contributed by atoms with Gasteiger partial charge in [-0.05, 0) is 60.7 Å². The molecule has 3 heteroatoms. The highest BCUT2D eigenvalue weighted by atomic mass is 32.2. The molecule has 0 bridgehead atoms. The van der Waals surface area contributed by atoms with E-state index in [2.05, 4.69) is 48.5 Å². The zero-order chi connectivity index (χ0) is 19.2. The highest BCUT2D eigenvalue weighted by Gasteiger charge is 2.28. The summed E-state index contributed by atoms with van der Waals surface area (Å²) in [6.45, 7) is 0. The fourth-order valence-corrected chi connectivity index (χ4v) is 4.99. The Morgan fingerprint density at radius 3 is 1.46 bits per heavy atom. The first-order chi connectivity index (χ1) is 13.8. The summed E-state index contributed by atoms with van der Waals surface area (Å²) in [5.74, 6) is 0.195. The molecule has 0 saturated heterocycles. The Labute approximate surface area is 167 Å². The Bertz CT molecular complexity index is 991. The van der Waals surface area contributed by atoms with Crippen molar-refractivity contribution >= 4 is 16.9 Å². The van der Waals surface area contributed by atoms with Gasteiger partial charge >= 0.3 is 5.97 Å². The van der Waals surface area contributed by atoms with E-state index < -0.39 is 0 Å². The molecule has 0 aliphatic rings. The highest BCUT2D eigenvalue weighted by Crippen LogP contribution is 2.31. The van der Waals surface area contributed by atoms with Crippen LogP contribution in [0.5, 0.6) is 5.75 Å². The molecule has 0 aliphatic carbocycles. The van der Waals surface area contributed by atoms with Crippen molar-refractivity contribution < 1.29 is 9.53 Å². The number of ether oxygens (including phenoxy) is 1. The van der Waals surface area contributed by atoms with E-state index in [4.69, 9.17) is 4.74 Å². The molecule has 0 saturated carbocycles. The summed E-state index contributed by atoms with van der Waals surface area (Å²) in [7, 11) is -0.212. The predicted molar refractivity (Wildman–Crippen MR) is 113 cm³/mol. The van der Waals surface area contributed by atoms with Gasteiger partial charge in [-0.25, -0.2) is 4.79 Å². The number of rotatable bonds is 5. The molecule has 0 atom stereocenters. The number of hydrogen-bond donors (Lipinski definition) is 0. The first kappa shape index (κ1) is 18.1. The van der Waals surface area contributed by atoms with Gasteiger partial charge in [0.2, 0.25) is 0 Å². The van der Waals surface area contributed by atoms with Crippen LogP contribution in [0.4, 0.5) is 0 Å². The maximum Gasteiger partial charge on any atom is 0.343 e. The third-order valence-electron chi connectivity index (χ3n) is 4.24. The van der Waals surface area contributed by atoms with E-state index in [-0.39, 0.29) is 16.9 Å². The number of carbonyl (C=O) groups is 1. The fraction of sp³-hybridized carbons (Fsp3) is 0. The summed E-state index contributed by atoms with van der Waals surface area (Å²) < 4.78 is 5.51. The molecular formula is C25H19O2S+. The molecular weight excluding hydrogens is 364 g/mol. The van der Waals surface area contributed by atoms with Crippen LogP contribution in [-0.2, 0) is 10.9 Å². The maximum atomic E-state index is 12.3. The molecule has 0 spiro atoms. The van der Waals surface area contributed by atoms with Gasteiger partial charge in [0.1, 0.15) is 5.75 Å². The summed E-state index contributed by atoms with van der Waals surface area (Å²) in [6.07, 6.45) is 0. The van der Waals surface area contributed by atoms with Gasteiger partial charge in [0.25, 0.3) is 0 Å². The Kier molecular flexibility index (Phi) is 5.55. The lowest BCUT2D eigenvalue weighted by molar-refractivity contribution is 0.0734. The van der Waals surface area contributed by atoms with Crippen LogP contribution in [0.15, 0.2) is 130 Å². The summed E-state index contributed by atoms with van der Waals surface area (Å²) >= 11 is 0. The van der Waals surface area contributed by atoms with Crippen molar-refractivity contribution in [3.8, 4) is 5.75 Å². The maximum absolute atomic E-state index is 12.3. The van der Waals surface area contributed by atoms with E-state index in [1.54, 1.807) is 12.1 Å². The molecule has 2 nitrogen and oxygen atoms in total. The highest BCUT2D eigenvalue weighted by molar-refractivity contribution is 7.97. The van der Waals surface area contributed by atoms with Crippen molar-refractivity contribution in [3.05, 3.63) is 121 Å². The van der Waals surface area contributed by atoms with E-state index in [0.29, 0.717) is 11.3 Å². The van der Waals surface area contributed by atoms with Crippen LogP contribution in [0.25, 0.3) is 0 Å². The smallest absolute Gasteiger partial charge is 0.343 e. The average Bonchev–Trinajstić information content (AvgIpc) is 2.77. The monoisotopic (exact) mass is 383 g/mol. The van der Waals surface area contributed by atoms with Crippen LogP contribution in [0.1, 0.15) is 10.4 Å². The molecule has 0 unspecified atom stereocenters. The van der Waals surface area contributed by atoms with Crippen molar-refractivity contribution in [1.82, 2.24) is 0 Å². The number of carbonyl (C=O) groups excluding carboxylic acids is 1. The first-order valence-electron chi connectivity index (χ1n) is 9.03. The summed E-state index contributed by atoms with van der Waals surface area (Å²) in [5, 5.41) is 0. The standard InChI is InChI=1S/C25H19O2S/c26-25(20-10-4-1-5-11-20)27-21-16-18-24(19-17-21)28(22-12-6-2-7-13-22)23-14-8-3-9-15-23/h1-19H/q+1. The molecule has 4 rings (SSSR count). The molecule has 28 heavy (non-hydrogen) atoms. The largest absolute Gasteiger partial charge is 0.423 e. The van der Waals surface area contributed by atoms with E-state index in [0.717, 1.165) is 0 Å². The second-order valence-electron chi connectivity index (χ2n) is 6.16. The Hall–Kier alpha value is -3.30. The van der Waals surface area contributed by atoms with Crippen LogP contribution >= 0.6 is 0 Å². The summed E-state index contributed by atoms with van der Waals surface area (Å²) in [5.41, 5.74) is 0.542. The Balaban J connectivity index is 1.61. The van der Waals surface area contributed by atoms with E-state index in [9.17, 15) is 4.79 Å². The third-order valence-corrected chi connectivity index (χ3v) is 6.47. The second kappa shape index (κ2) is 8.59. The van der Waals surface area contributed by atoms with E-state index >= 15 is 0 Å². The van der Waals surface area contributed by atoms with Gasteiger partial charge < -0.3 is 4.74 Å². The topological polar surface area (TPSA) is 26.3 Å². The first-order valence-corrected chi connectivity index (χ1v) is 10.3. The Morgan fingerprint density at radius 2 is 0.964 bits per heavy atom. The van der Waals surface area contributed by atoms with Gasteiger partial charge in [0.05, 0.1) is 16.5 Å². The molecule has 0 aromatic heterocycles. The van der Waals surface area contributed by atoms with Crippen molar-refractivity contribution in [2.24, 2.45) is 0 Å². The van der Waals surface area contributed by atoms with Crippen LogP contribution in [0.3, 0.4) is 0 Å². The summed E-state index contributed by atoms with van der Waals surface area (Å²) in [4.78, 5) is 15.9. The fourth-order valence-electron chi connectivity index (χ4n) is 2.91. The summed E-state index contributed by atoms with van der Waals surface area (Å²) in [6, 6.07) is 37.7. The number of benzene rings is 4. The second-order valence-corrected chi connectivity index (χ2v) is 8.19. The molecule has 0 N–H and O–H groups in total. The molecule has 0 amide bonds. The molecule has 0 heterocycles. The number of hydrogen-bond acceptors (Lipinski definition) is 2. The molecule has 0 aliphatic heterocycles. The van der Waals surface area contributed by atoms with Gasteiger partial charge in [-0.1, -0.05) is 54.6 Å². The van der Waals surface area contributed by atoms with Gasteiger partial charge in [-0.3, -0.25) is 0 Å². The van der Waals surface area contributed by atoms with Crippen molar-refractivity contribution in [2.45, 2.75) is 14.7 Å². The molecule has 136 valence electrons. The lowest BCUT2D eigenvalue weighted by Gasteiger charge is -2.09. The Morgan fingerprint density at radius 1 is 0.536 bits per heavy atom. The molecule has 0 radical (unpaired) electrons. The van der Waals surface area contributed by atoms with Crippen molar-refractivity contribution in [2.75, 3.05) is 0 Å². The van der Waals surface area contributed by atoms with Gasteiger partial charge in [0, 0.05) is 0 Å². The van der Waals surface area contributed by atoms with Crippen LogP contribution in [0, 0.1) is 0 Å². The molecule has 0 fully saturated rings. The lowest BCUT2D eigenvalue weighted by atomic mass is 10.2. The minimum absolute atomic E-state index is 0.212. The van der Waals surface area contributed by atoms with Crippen LogP contribution < -0.4 is 4.74 Å². The number of esters is 1. The minimum atomic E-state index is -0.349. The van der Waals surface area contributed by atoms with E-state index in [1.807, 2.05) is 54.6 Å². The van der Waals surface area contributed by atoms with E-state index in [1.165, 1.54) is 14.7 Å². The average molecular weight is 383 g/mol. The SMILES string of the molecule is O=C(Oc1ccc([S+](c2ccccc2)c2ccccc2)cc1)c1ccccc1.